The number of fused-ring (bicyclic) bond motifs is 3. The number of hydrogen-bond donors (Lipinski definition) is 1. The lowest BCUT2D eigenvalue weighted by Gasteiger charge is -2.59. The summed E-state index contributed by atoms with van der Waals surface area (Å²) in [6, 6.07) is 0. The lowest BCUT2D eigenvalue weighted by Crippen LogP contribution is -2.65. The highest BCUT2D eigenvalue weighted by Crippen LogP contribution is 2.55. The van der Waals surface area contributed by atoms with Crippen molar-refractivity contribution in [3.8, 4) is 0 Å². The van der Waals surface area contributed by atoms with Crippen molar-refractivity contribution in [2.75, 3.05) is 0 Å². The standard InChI is InChI=1S/C13H16ClN5/c1-8-9-11(18-17-10(8)14)19(7-16-9)13-4-2-3-12(15,5-13)6-13/h7H,2-6,15H2,1H3. The Kier molecular flexibility index (Phi) is 2.12. The molecule has 0 amide bonds. The van der Waals surface area contributed by atoms with Gasteiger partial charge >= 0.3 is 0 Å². The van der Waals surface area contributed by atoms with E-state index < -0.39 is 0 Å². The minimum atomic E-state index is 0.0315. The van der Waals surface area contributed by atoms with E-state index >= 15 is 0 Å². The van der Waals surface area contributed by atoms with Gasteiger partial charge in [0.2, 0.25) is 0 Å². The fourth-order valence-electron chi connectivity index (χ4n) is 3.99. The Labute approximate surface area is 116 Å². The average molecular weight is 278 g/mol. The Hall–Kier alpha value is -1.20. The van der Waals surface area contributed by atoms with Gasteiger partial charge in [-0.15, -0.1) is 10.2 Å². The summed E-state index contributed by atoms with van der Waals surface area (Å²) in [7, 11) is 0. The number of aryl methyl sites for hydroxylation is 1. The van der Waals surface area contributed by atoms with E-state index in [1.807, 2.05) is 13.3 Å². The molecule has 2 bridgehead atoms. The molecule has 0 radical (unpaired) electrons. The molecule has 0 atom stereocenters. The summed E-state index contributed by atoms with van der Waals surface area (Å²) in [5.41, 5.74) is 9.08. The van der Waals surface area contributed by atoms with E-state index in [2.05, 4.69) is 19.7 Å². The molecule has 5 rings (SSSR count). The molecular weight excluding hydrogens is 262 g/mol. The minimum Gasteiger partial charge on any atom is -0.325 e. The van der Waals surface area contributed by atoms with Gasteiger partial charge in [0, 0.05) is 11.1 Å². The van der Waals surface area contributed by atoms with Crippen molar-refractivity contribution in [3.05, 3.63) is 17.0 Å². The van der Waals surface area contributed by atoms with Crippen LogP contribution in [0.4, 0.5) is 0 Å². The van der Waals surface area contributed by atoms with Gasteiger partial charge in [-0.3, -0.25) is 0 Å². The maximum absolute atomic E-state index is 6.34. The Morgan fingerprint density at radius 3 is 2.84 bits per heavy atom. The molecule has 2 aromatic rings. The summed E-state index contributed by atoms with van der Waals surface area (Å²) < 4.78 is 2.18. The summed E-state index contributed by atoms with van der Waals surface area (Å²) in [5, 5.41) is 8.70. The van der Waals surface area contributed by atoms with Crippen LogP contribution in [-0.4, -0.2) is 25.3 Å². The SMILES string of the molecule is Cc1c(Cl)nnc2c1ncn2C12CCCC(N)(C1)C2. The van der Waals surface area contributed by atoms with E-state index in [9.17, 15) is 0 Å². The summed E-state index contributed by atoms with van der Waals surface area (Å²) in [4.78, 5) is 4.48. The van der Waals surface area contributed by atoms with Crippen molar-refractivity contribution in [1.82, 2.24) is 19.7 Å². The van der Waals surface area contributed by atoms with Gasteiger partial charge in [0.25, 0.3) is 0 Å². The van der Waals surface area contributed by atoms with Crippen LogP contribution in [0.15, 0.2) is 6.33 Å². The molecule has 0 aromatic carbocycles. The predicted octanol–water partition coefficient (Wildman–Crippen LogP) is 2.16. The molecule has 3 aliphatic rings. The van der Waals surface area contributed by atoms with Gasteiger partial charge in [0.05, 0.1) is 11.9 Å². The summed E-state index contributed by atoms with van der Waals surface area (Å²) >= 11 is 6.01. The van der Waals surface area contributed by atoms with Crippen molar-refractivity contribution in [2.24, 2.45) is 5.73 Å². The van der Waals surface area contributed by atoms with Gasteiger partial charge in [-0.2, -0.15) is 0 Å². The number of nitrogens with zero attached hydrogens (tertiary/aromatic N) is 4. The number of aromatic nitrogens is 4. The molecule has 100 valence electrons. The van der Waals surface area contributed by atoms with Crippen LogP contribution in [0.25, 0.3) is 11.2 Å². The third-order valence-electron chi connectivity index (χ3n) is 4.83. The van der Waals surface area contributed by atoms with Gasteiger partial charge < -0.3 is 10.3 Å². The van der Waals surface area contributed by atoms with Crippen molar-refractivity contribution in [3.63, 3.8) is 0 Å². The number of nitrogens with two attached hydrogens (primary N) is 1. The minimum absolute atomic E-state index is 0.0315. The topological polar surface area (TPSA) is 69.6 Å². The van der Waals surface area contributed by atoms with Crippen molar-refractivity contribution in [2.45, 2.75) is 50.1 Å². The molecule has 0 spiro atoms. The Balaban J connectivity index is 1.87. The van der Waals surface area contributed by atoms with Crippen LogP contribution in [0.3, 0.4) is 0 Å². The van der Waals surface area contributed by atoms with Crippen molar-refractivity contribution < 1.29 is 0 Å². The Bertz CT molecular complexity index is 671. The highest BCUT2D eigenvalue weighted by Gasteiger charge is 2.56. The molecule has 3 aliphatic carbocycles. The van der Waals surface area contributed by atoms with E-state index in [1.54, 1.807) is 0 Å². The van der Waals surface area contributed by atoms with E-state index in [-0.39, 0.29) is 11.1 Å². The van der Waals surface area contributed by atoms with E-state index in [1.165, 1.54) is 6.42 Å². The van der Waals surface area contributed by atoms with Crippen LogP contribution in [-0.2, 0) is 5.54 Å². The molecule has 0 unspecified atom stereocenters. The second-order valence-electron chi connectivity index (χ2n) is 6.20. The molecule has 3 fully saturated rings. The van der Waals surface area contributed by atoms with Crippen molar-refractivity contribution in [1.29, 1.82) is 0 Å². The largest absolute Gasteiger partial charge is 0.325 e. The van der Waals surface area contributed by atoms with Gasteiger partial charge in [0.15, 0.2) is 10.8 Å². The first-order valence-electron chi connectivity index (χ1n) is 6.68. The summed E-state index contributed by atoms with van der Waals surface area (Å²) in [6.45, 7) is 1.93. The maximum Gasteiger partial charge on any atom is 0.183 e. The second kappa shape index (κ2) is 3.46. The summed E-state index contributed by atoms with van der Waals surface area (Å²) in [5.74, 6) is 0. The number of hydrogen-bond acceptors (Lipinski definition) is 4. The number of halogens is 1. The van der Waals surface area contributed by atoms with Gasteiger partial charge in [-0.25, -0.2) is 4.98 Å². The molecule has 6 heteroatoms. The normalized spacial score (nSPS) is 33.4. The fraction of sp³-hybridized carbons (Fsp3) is 0.615. The molecule has 2 N–H and O–H groups in total. The van der Waals surface area contributed by atoms with Crippen LogP contribution in [0.1, 0.15) is 37.7 Å². The van der Waals surface area contributed by atoms with Crippen LogP contribution < -0.4 is 5.73 Å². The second-order valence-corrected chi connectivity index (χ2v) is 6.55. The van der Waals surface area contributed by atoms with Gasteiger partial charge in [0.1, 0.15) is 5.52 Å². The first-order chi connectivity index (χ1) is 9.03. The Morgan fingerprint density at radius 1 is 1.32 bits per heavy atom. The third-order valence-corrected chi connectivity index (χ3v) is 5.19. The molecular formula is C13H16ClN5. The third kappa shape index (κ3) is 1.43. The Morgan fingerprint density at radius 2 is 2.11 bits per heavy atom. The van der Waals surface area contributed by atoms with E-state index in [0.29, 0.717) is 5.15 Å². The van der Waals surface area contributed by atoms with Crippen LogP contribution in [0, 0.1) is 6.92 Å². The molecule has 0 saturated heterocycles. The molecule has 3 saturated carbocycles. The first-order valence-corrected chi connectivity index (χ1v) is 7.06. The molecule has 2 aromatic heterocycles. The van der Waals surface area contributed by atoms with Gasteiger partial charge in [-0.1, -0.05) is 11.6 Å². The lowest BCUT2D eigenvalue weighted by molar-refractivity contribution is -0.0142. The maximum atomic E-state index is 6.34. The highest BCUT2D eigenvalue weighted by atomic mass is 35.5. The number of rotatable bonds is 1. The number of imidazole rings is 1. The van der Waals surface area contributed by atoms with Crippen molar-refractivity contribution >= 4 is 22.8 Å². The fourth-order valence-corrected chi connectivity index (χ4v) is 4.11. The quantitative estimate of drug-likeness (QED) is 0.867. The summed E-state index contributed by atoms with van der Waals surface area (Å²) in [6.07, 6.45) is 7.39. The van der Waals surface area contributed by atoms with Crippen LogP contribution in [0.2, 0.25) is 5.15 Å². The zero-order chi connectivity index (χ0) is 13.3. The van der Waals surface area contributed by atoms with Gasteiger partial charge in [-0.05, 0) is 39.0 Å². The van der Waals surface area contributed by atoms with Crippen LogP contribution >= 0.6 is 11.6 Å². The highest BCUT2D eigenvalue weighted by molar-refractivity contribution is 6.30. The molecule has 0 aliphatic heterocycles. The van der Waals surface area contributed by atoms with E-state index in [4.69, 9.17) is 17.3 Å². The first kappa shape index (κ1) is 11.6. The molecule has 5 nitrogen and oxygen atoms in total. The molecule has 2 heterocycles. The van der Waals surface area contributed by atoms with Crippen LogP contribution in [0.5, 0.6) is 0 Å². The zero-order valence-electron chi connectivity index (χ0n) is 10.9. The van der Waals surface area contributed by atoms with E-state index in [0.717, 1.165) is 42.4 Å². The lowest BCUT2D eigenvalue weighted by atomic mass is 9.55. The predicted molar refractivity (Wildman–Crippen MR) is 73.0 cm³/mol. The monoisotopic (exact) mass is 277 g/mol. The average Bonchev–Trinajstić information content (AvgIpc) is 2.77. The zero-order valence-corrected chi connectivity index (χ0v) is 11.6. The smallest absolute Gasteiger partial charge is 0.183 e. The molecule has 19 heavy (non-hydrogen) atoms.